The second kappa shape index (κ2) is 22.1. The van der Waals surface area contributed by atoms with Gasteiger partial charge in [0.2, 0.25) is 0 Å². The average molecular weight is 1140 g/mol. The van der Waals surface area contributed by atoms with Crippen LogP contribution in [0.4, 0.5) is 0 Å². The van der Waals surface area contributed by atoms with Gasteiger partial charge in [0.05, 0.1) is 14.2 Å². The van der Waals surface area contributed by atoms with E-state index in [1.807, 2.05) is 12.1 Å². The Morgan fingerprint density at radius 1 is 0.274 bits per heavy atom. The smallest absolute Gasteiger partial charge is 0.132 e. The number of hydrogen-bond donors (Lipinski definition) is 4. The summed E-state index contributed by atoms with van der Waals surface area (Å²) in [6.07, 6.45) is 1.77. The zero-order valence-corrected chi connectivity index (χ0v) is 54.2. The van der Waals surface area contributed by atoms with E-state index in [0.717, 1.165) is 89.0 Å². The fourth-order valence-electron chi connectivity index (χ4n) is 12.0. The average Bonchev–Trinajstić information content (AvgIpc) is 1.26. The first-order chi connectivity index (χ1) is 38.9. The van der Waals surface area contributed by atoms with Crippen LogP contribution in [0.25, 0.3) is 0 Å². The van der Waals surface area contributed by atoms with Gasteiger partial charge in [-0.3, -0.25) is 0 Å². The first-order valence-corrected chi connectivity index (χ1v) is 30.1. The Morgan fingerprint density at radius 3 is 0.643 bits per heavy atom. The molecule has 2 aliphatic rings. The molecule has 0 fully saturated rings. The van der Waals surface area contributed by atoms with E-state index in [4.69, 9.17) is 18.9 Å². The van der Waals surface area contributed by atoms with Crippen LogP contribution in [0, 0.1) is 0 Å². The molecule has 446 valence electrons. The van der Waals surface area contributed by atoms with Crippen molar-refractivity contribution in [3.05, 3.63) is 196 Å². The lowest BCUT2D eigenvalue weighted by Gasteiger charge is -2.28. The maximum Gasteiger partial charge on any atom is 0.132 e. The van der Waals surface area contributed by atoms with Crippen molar-refractivity contribution >= 4 is 0 Å². The van der Waals surface area contributed by atoms with Crippen molar-refractivity contribution < 1.29 is 39.4 Å². The highest BCUT2D eigenvalue weighted by atomic mass is 16.5. The van der Waals surface area contributed by atoms with E-state index in [1.165, 1.54) is 0 Å². The molecule has 12 bridgehead atoms. The minimum Gasteiger partial charge on any atom is -0.507 e. The van der Waals surface area contributed by atoms with Crippen molar-refractivity contribution in [2.45, 2.75) is 209 Å². The topological polar surface area (TPSA) is 118 Å². The van der Waals surface area contributed by atoms with Crippen LogP contribution in [0.2, 0.25) is 0 Å². The summed E-state index contributed by atoms with van der Waals surface area (Å²) in [6.45, 7) is 39.8. The lowest BCUT2D eigenvalue weighted by Crippen LogP contribution is -2.16. The van der Waals surface area contributed by atoms with Crippen molar-refractivity contribution in [1.82, 2.24) is 0 Å². The Hall–Kier alpha value is -7.06. The van der Waals surface area contributed by atoms with Crippen molar-refractivity contribution in [3.8, 4) is 46.0 Å². The van der Waals surface area contributed by atoms with Gasteiger partial charge in [0.15, 0.2) is 0 Å². The second-order valence-corrected chi connectivity index (χ2v) is 30.4. The van der Waals surface area contributed by atoms with E-state index in [1.54, 1.807) is 14.2 Å². The van der Waals surface area contributed by atoms with Gasteiger partial charge in [0.25, 0.3) is 0 Å². The molecule has 7 aromatic carbocycles. The monoisotopic (exact) mass is 1130 g/mol. The van der Waals surface area contributed by atoms with E-state index in [-0.39, 0.29) is 81.5 Å². The number of hydrogen-bond acceptors (Lipinski definition) is 8. The maximum atomic E-state index is 13.0. The summed E-state index contributed by atoms with van der Waals surface area (Å²) >= 11 is 0. The minimum atomic E-state index is -0.322. The summed E-state index contributed by atoms with van der Waals surface area (Å²) in [4.78, 5) is 0. The quantitative estimate of drug-likeness (QED) is 0.135. The molecule has 0 spiro atoms. The number of fused-ring (bicyclic) bond motifs is 10. The van der Waals surface area contributed by atoms with Gasteiger partial charge >= 0.3 is 0 Å². The molecule has 0 atom stereocenters. The Morgan fingerprint density at radius 2 is 0.464 bits per heavy atom. The first-order valence-electron chi connectivity index (χ1n) is 30.1. The van der Waals surface area contributed by atoms with Crippen molar-refractivity contribution in [3.63, 3.8) is 0 Å². The molecule has 8 heteroatoms. The number of aromatic hydroxyl groups is 4. The molecule has 0 unspecified atom stereocenters. The molecule has 0 saturated carbocycles. The molecule has 4 N–H and O–H groups in total. The zero-order valence-electron chi connectivity index (χ0n) is 54.2. The van der Waals surface area contributed by atoms with Gasteiger partial charge in [-0.1, -0.05) is 197 Å². The predicted molar refractivity (Wildman–Crippen MR) is 343 cm³/mol. The van der Waals surface area contributed by atoms with Crippen LogP contribution >= 0.6 is 0 Å². The number of phenolic OH excluding ortho intramolecular Hbond substituents is 4. The van der Waals surface area contributed by atoms with Gasteiger partial charge in [-0.25, -0.2) is 0 Å². The first kappa shape index (κ1) is 61.5. The summed E-state index contributed by atoms with van der Waals surface area (Å²) in [5.41, 5.74) is 15.3. The van der Waals surface area contributed by atoms with Gasteiger partial charge < -0.3 is 39.4 Å². The summed E-state index contributed by atoms with van der Waals surface area (Å²) in [6, 6.07) is 29.8. The van der Waals surface area contributed by atoms with Crippen LogP contribution in [0.3, 0.4) is 0 Å². The van der Waals surface area contributed by atoms with Crippen molar-refractivity contribution in [1.29, 1.82) is 0 Å². The van der Waals surface area contributed by atoms with Crippen LogP contribution < -0.4 is 18.9 Å². The lowest BCUT2D eigenvalue weighted by atomic mass is 9.79. The molecule has 0 saturated heterocycles. The molecule has 0 aliphatic carbocycles. The lowest BCUT2D eigenvalue weighted by molar-refractivity contribution is 0.276. The number of rotatable bonds is 2. The van der Waals surface area contributed by atoms with E-state index in [2.05, 4.69) is 197 Å². The minimum absolute atomic E-state index is 0.0889. The van der Waals surface area contributed by atoms with Gasteiger partial charge in [0, 0.05) is 49.7 Å². The molecule has 0 amide bonds. The van der Waals surface area contributed by atoms with Gasteiger partial charge in [-0.15, -0.1) is 0 Å². The number of methoxy groups -OCH3 is 2. The molecule has 84 heavy (non-hydrogen) atoms. The third-order valence-electron chi connectivity index (χ3n) is 17.4. The molecule has 2 aliphatic heterocycles. The van der Waals surface area contributed by atoms with E-state index in [0.29, 0.717) is 70.9 Å². The Kier molecular flexibility index (Phi) is 16.2. The Bertz CT molecular complexity index is 3260. The molecular weight excluding hydrogens is 1040 g/mol. The zero-order chi connectivity index (χ0) is 61.6. The highest BCUT2D eigenvalue weighted by molar-refractivity contribution is 5.61. The molecule has 0 aromatic heterocycles. The largest absolute Gasteiger partial charge is 0.507 e. The third-order valence-corrected chi connectivity index (χ3v) is 17.4. The van der Waals surface area contributed by atoms with Crippen LogP contribution in [0.15, 0.2) is 84.9 Å². The molecule has 9 rings (SSSR count). The Balaban J connectivity index is 1.49. The van der Waals surface area contributed by atoms with Gasteiger partial charge in [-0.2, -0.15) is 0 Å². The molecule has 2 heterocycles. The summed E-state index contributed by atoms with van der Waals surface area (Å²) in [5.74, 6) is 3.12. The SMILES string of the molecule is COc1cc2c(OC)c(c1)COc1c3cc(C(C)(C)C)cc1Cc1cc(C(C)(C)C)cc(c1O)Cc1cc(C(C)(C)C)cc(c1O)Cc1cc(C(C)(C)C)cc(c1OC2)Cc1cc(C(C)(C)C)cc(c1O)Cc1cc(C(C)(C)C)cc(c1O)C3. The summed E-state index contributed by atoms with van der Waals surface area (Å²) < 4.78 is 27.2. The summed E-state index contributed by atoms with van der Waals surface area (Å²) in [7, 11) is 3.33. The standard InChI is InChI=1S/C76H94O8/c1-71(2,3)57-27-43-21-44-28-58(72(4,5)6)32-48(65(44)78)24-53-37-62(76(16,17)18)38-54-26-50-34-60(74(10,11)12)30-46(67(50)80)22-45-29-59(73(7,8)9)33-49(66(45)79)25-52-36-61(75(13,14)15)35-51(23-47(31-57)64(43)77)69(52)83-41-55-39-63(81-19)40-56(68(55)82-20)42-84-70(53)54/h27-40,77-80H,21-26,41-42H2,1-20H3. The van der Waals surface area contributed by atoms with Crippen LogP contribution in [0.5, 0.6) is 46.0 Å². The second-order valence-electron chi connectivity index (χ2n) is 30.4. The maximum absolute atomic E-state index is 13.0. The van der Waals surface area contributed by atoms with Crippen LogP contribution in [-0.2, 0) is 84.2 Å². The summed E-state index contributed by atoms with van der Waals surface area (Å²) in [5, 5.41) is 51.9. The normalized spacial score (nSPS) is 14.4. The molecule has 0 radical (unpaired) electrons. The number of phenols is 4. The van der Waals surface area contributed by atoms with Crippen LogP contribution in [0.1, 0.15) is 236 Å². The molecule has 8 nitrogen and oxygen atoms in total. The third kappa shape index (κ3) is 12.8. The fourth-order valence-corrected chi connectivity index (χ4v) is 12.0. The van der Waals surface area contributed by atoms with E-state index in [9.17, 15) is 20.4 Å². The van der Waals surface area contributed by atoms with Gasteiger partial charge in [0.1, 0.15) is 59.2 Å². The van der Waals surface area contributed by atoms with Crippen molar-refractivity contribution in [2.24, 2.45) is 0 Å². The highest BCUT2D eigenvalue weighted by Crippen LogP contribution is 2.47. The highest BCUT2D eigenvalue weighted by Gasteiger charge is 2.31. The molecule has 7 aromatic rings. The van der Waals surface area contributed by atoms with Crippen LogP contribution in [-0.4, -0.2) is 34.6 Å². The Labute approximate surface area is 502 Å². The van der Waals surface area contributed by atoms with Gasteiger partial charge in [-0.05, 0) is 145 Å². The molecular formula is C76H94O8. The number of ether oxygens (including phenoxy) is 4. The number of benzene rings is 7. The van der Waals surface area contributed by atoms with Crippen molar-refractivity contribution in [2.75, 3.05) is 14.2 Å². The van der Waals surface area contributed by atoms with E-state index < -0.39 is 0 Å². The van der Waals surface area contributed by atoms with E-state index >= 15 is 0 Å². The predicted octanol–water partition coefficient (Wildman–Crippen LogP) is 17.6. The fraction of sp³-hybridized carbons (Fsp3) is 0.447.